The number of nitrogens with zero attached hydrogens (tertiary/aromatic N) is 4. The molecule has 3 N–H and O–H groups in total. The number of hydrogen-bond acceptors (Lipinski definition) is 6. The molecule has 0 bridgehead atoms. The smallest absolute Gasteiger partial charge is 0.255 e. The van der Waals surface area contributed by atoms with Crippen molar-refractivity contribution >= 4 is 34.2 Å². The van der Waals surface area contributed by atoms with E-state index in [2.05, 4.69) is 20.4 Å². The van der Waals surface area contributed by atoms with Crippen LogP contribution >= 0.6 is 11.6 Å². The number of methoxy groups -OCH3 is 1. The molecule has 3 aromatic heterocycles. The van der Waals surface area contributed by atoms with Crippen molar-refractivity contribution in [3.8, 4) is 0 Å². The molecular weight excluding hydrogens is 440 g/mol. The van der Waals surface area contributed by atoms with Crippen LogP contribution in [0, 0.1) is 13.8 Å². The van der Waals surface area contributed by atoms with Gasteiger partial charge in [0, 0.05) is 37.1 Å². The Morgan fingerprint density at radius 1 is 1.24 bits per heavy atom. The van der Waals surface area contributed by atoms with Crippen LogP contribution in [0.2, 0.25) is 5.02 Å². The molecule has 4 rings (SSSR count). The molecule has 0 aliphatic carbocycles. The lowest BCUT2D eigenvalue weighted by molar-refractivity contribution is 0.0945. The van der Waals surface area contributed by atoms with Gasteiger partial charge in [-0.15, -0.1) is 0 Å². The molecule has 3 heterocycles. The Hall–Kier alpha value is -3.49. The predicted molar refractivity (Wildman–Crippen MR) is 128 cm³/mol. The molecule has 8 nitrogen and oxygen atoms in total. The minimum absolute atomic E-state index is 0.224. The molecule has 4 aromatic rings. The first-order chi connectivity index (χ1) is 15.8. The molecule has 0 radical (unpaired) electrons. The van der Waals surface area contributed by atoms with Crippen LogP contribution in [-0.2, 0) is 24.4 Å². The number of carbonyl (C=O) groups is 1. The van der Waals surface area contributed by atoms with E-state index in [4.69, 9.17) is 22.1 Å². The van der Waals surface area contributed by atoms with Gasteiger partial charge in [-0.3, -0.25) is 14.5 Å². The third-order valence-corrected chi connectivity index (χ3v) is 5.63. The van der Waals surface area contributed by atoms with Crippen LogP contribution in [-0.4, -0.2) is 32.8 Å². The van der Waals surface area contributed by atoms with E-state index in [1.807, 2.05) is 38.1 Å². The Bertz CT molecular complexity index is 1310. The average molecular weight is 465 g/mol. The number of aryl methyl sites for hydroxylation is 2. The standard InChI is InChI=1S/C24H25ClN6O2/c1-14-6-23(26)29-15(2)19(14)10-28-24(32)20-12-31(30-22(20)13-33-3)11-16-4-5-21-17(7-16)8-18(25)9-27-21/h4-9,12H,10-11,13H2,1-3H3,(H2,26,29)(H,28,32). The van der Waals surface area contributed by atoms with Crippen LogP contribution in [0.15, 0.2) is 42.7 Å². The highest BCUT2D eigenvalue weighted by Gasteiger charge is 2.17. The van der Waals surface area contributed by atoms with Crippen LogP contribution in [0.25, 0.3) is 10.9 Å². The monoisotopic (exact) mass is 464 g/mol. The first kappa shape index (κ1) is 22.7. The van der Waals surface area contributed by atoms with E-state index < -0.39 is 0 Å². The van der Waals surface area contributed by atoms with Crippen LogP contribution < -0.4 is 11.1 Å². The number of nitrogens with one attached hydrogen (secondary N) is 1. The summed E-state index contributed by atoms with van der Waals surface area (Å²) in [5.74, 6) is 0.244. The maximum Gasteiger partial charge on any atom is 0.255 e. The van der Waals surface area contributed by atoms with Crippen molar-refractivity contribution in [1.82, 2.24) is 25.1 Å². The maximum atomic E-state index is 13.0. The fourth-order valence-corrected chi connectivity index (χ4v) is 4.00. The van der Waals surface area contributed by atoms with Crippen LogP contribution in [0.5, 0.6) is 0 Å². The van der Waals surface area contributed by atoms with Crippen LogP contribution in [0.3, 0.4) is 0 Å². The topological polar surface area (TPSA) is 108 Å². The van der Waals surface area contributed by atoms with E-state index in [0.29, 0.717) is 35.2 Å². The van der Waals surface area contributed by atoms with Gasteiger partial charge >= 0.3 is 0 Å². The third kappa shape index (κ3) is 5.13. The summed E-state index contributed by atoms with van der Waals surface area (Å²) in [5.41, 5.74) is 11.5. The number of nitrogens with two attached hydrogens (primary N) is 1. The number of fused-ring (bicyclic) bond motifs is 1. The third-order valence-electron chi connectivity index (χ3n) is 5.42. The quantitative estimate of drug-likeness (QED) is 0.430. The molecule has 0 spiro atoms. The number of ether oxygens (including phenoxy) is 1. The van der Waals surface area contributed by atoms with E-state index in [0.717, 1.165) is 33.3 Å². The lowest BCUT2D eigenvalue weighted by atomic mass is 10.1. The number of nitrogen functional groups attached to an aromatic ring is 1. The van der Waals surface area contributed by atoms with E-state index in [1.165, 1.54) is 0 Å². The molecule has 0 aliphatic rings. The Labute approximate surface area is 196 Å². The number of hydrogen-bond donors (Lipinski definition) is 2. The number of pyridine rings is 2. The highest BCUT2D eigenvalue weighted by Crippen LogP contribution is 2.20. The molecular formula is C24H25ClN6O2. The molecule has 33 heavy (non-hydrogen) atoms. The average Bonchev–Trinajstić information content (AvgIpc) is 3.15. The maximum absolute atomic E-state index is 13.0. The summed E-state index contributed by atoms with van der Waals surface area (Å²) in [6, 6.07) is 9.63. The summed E-state index contributed by atoms with van der Waals surface area (Å²) in [6.07, 6.45) is 3.37. The molecule has 0 aliphatic heterocycles. The van der Waals surface area contributed by atoms with Crippen molar-refractivity contribution in [3.63, 3.8) is 0 Å². The number of amides is 1. The van der Waals surface area contributed by atoms with Gasteiger partial charge in [0.15, 0.2) is 0 Å². The molecule has 9 heteroatoms. The highest BCUT2D eigenvalue weighted by molar-refractivity contribution is 6.31. The van der Waals surface area contributed by atoms with Gasteiger partial charge < -0.3 is 15.8 Å². The fraction of sp³-hybridized carbons (Fsp3) is 0.250. The number of carbonyl (C=O) groups excluding carboxylic acids is 1. The minimum Gasteiger partial charge on any atom is -0.384 e. The largest absolute Gasteiger partial charge is 0.384 e. The zero-order valence-electron chi connectivity index (χ0n) is 18.7. The van der Waals surface area contributed by atoms with Gasteiger partial charge in [0.05, 0.1) is 29.3 Å². The number of halogens is 1. The summed E-state index contributed by atoms with van der Waals surface area (Å²) in [4.78, 5) is 21.6. The van der Waals surface area contributed by atoms with Crippen molar-refractivity contribution in [1.29, 1.82) is 0 Å². The Balaban J connectivity index is 1.54. The number of rotatable bonds is 7. The second-order valence-electron chi connectivity index (χ2n) is 7.91. The summed E-state index contributed by atoms with van der Waals surface area (Å²) < 4.78 is 7.00. The van der Waals surface area contributed by atoms with Crippen molar-refractivity contribution in [2.75, 3.05) is 12.8 Å². The summed E-state index contributed by atoms with van der Waals surface area (Å²) in [5, 5.41) is 9.08. The number of anilines is 1. The van der Waals surface area contributed by atoms with Crippen molar-refractivity contribution in [2.45, 2.75) is 33.5 Å². The molecule has 0 unspecified atom stereocenters. The van der Waals surface area contributed by atoms with Gasteiger partial charge in [0.1, 0.15) is 11.5 Å². The summed E-state index contributed by atoms with van der Waals surface area (Å²) in [7, 11) is 1.58. The first-order valence-corrected chi connectivity index (χ1v) is 10.8. The second-order valence-corrected chi connectivity index (χ2v) is 8.35. The van der Waals surface area contributed by atoms with Gasteiger partial charge in [-0.05, 0) is 54.8 Å². The lowest BCUT2D eigenvalue weighted by Crippen LogP contribution is -2.24. The van der Waals surface area contributed by atoms with E-state index >= 15 is 0 Å². The van der Waals surface area contributed by atoms with Gasteiger partial charge in [-0.2, -0.15) is 5.10 Å². The van der Waals surface area contributed by atoms with Crippen LogP contribution in [0.4, 0.5) is 5.82 Å². The highest BCUT2D eigenvalue weighted by atomic mass is 35.5. The molecule has 1 aromatic carbocycles. The molecule has 0 saturated heterocycles. The van der Waals surface area contributed by atoms with Gasteiger partial charge in [-0.25, -0.2) is 4.98 Å². The molecule has 0 atom stereocenters. The normalized spacial score (nSPS) is 11.2. The zero-order valence-corrected chi connectivity index (χ0v) is 19.5. The summed E-state index contributed by atoms with van der Waals surface area (Å²) >= 11 is 6.08. The van der Waals surface area contributed by atoms with Gasteiger partial charge in [0.2, 0.25) is 0 Å². The molecule has 0 fully saturated rings. The van der Waals surface area contributed by atoms with E-state index in [-0.39, 0.29) is 12.5 Å². The predicted octanol–water partition coefficient (Wildman–Crippen LogP) is 3.80. The summed E-state index contributed by atoms with van der Waals surface area (Å²) in [6.45, 7) is 4.90. The Kier molecular flexibility index (Phi) is 6.57. The molecule has 170 valence electrons. The number of benzene rings is 1. The van der Waals surface area contributed by atoms with E-state index in [9.17, 15) is 4.79 Å². The lowest BCUT2D eigenvalue weighted by Gasteiger charge is -2.11. The molecule has 1 amide bonds. The minimum atomic E-state index is -0.224. The Morgan fingerprint density at radius 3 is 2.82 bits per heavy atom. The van der Waals surface area contributed by atoms with Crippen molar-refractivity contribution in [2.24, 2.45) is 0 Å². The van der Waals surface area contributed by atoms with Crippen molar-refractivity contribution in [3.05, 3.63) is 81.4 Å². The Morgan fingerprint density at radius 2 is 2.06 bits per heavy atom. The second kappa shape index (κ2) is 9.56. The first-order valence-electron chi connectivity index (χ1n) is 10.4. The van der Waals surface area contributed by atoms with Crippen LogP contribution in [0.1, 0.15) is 38.4 Å². The number of aromatic nitrogens is 4. The van der Waals surface area contributed by atoms with Crippen molar-refractivity contribution < 1.29 is 9.53 Å². The SMILES string of the molecule is COCc1nn(Cc2ccc3ncc(Cl)cc3c2)cc1C(=O)NCc1c(C)cc(N)nc1C. The van der Waals surface area contributed by atoms with Gasteiger partial charge in [-0.1, -0.05) is 17.7 Å². The van der Waals surface area contributed by atoms with E-state index in [1.54, 1.807) is 30.3 Å². The zero-order chi connectivity index (χ0) is 23.5. The van der Waals surface area contributed by atoms with Gasteiger partial charge in [0.25, 0.3) is 5.91 Å². The molecule has 0 saturated carbocycles. The fourth-order valence-electron chi connectivity index (χ4n) is 3.83.